The third-order valence-electron chi connectivity index (χ3n) is 4.16. The van der Waals surface area contributed by atoms with E-state index < -0.39 is 0 Å². The molecule has 3 rings (SSSR count). The van der Waals surface area contributed by atoms with Crippen molar-refractivity contribution >= 4 is 5.91 Å². The van der Waals surface area contributed by atoms with E-state index in [1.165, 1.54) is 0 Å². The Balaban J connectivity index is 1.45. The highest BCUT2D eigenvalue weighted by atomic mass is 16.5. The van der Waals surface area contributed by atoms with Gasteiger partial charge < -0.3 is 15.0 Å². The number of likely N-dealkylation sites (tertiary alicyclic amines) is 1. The third kappa shape index (κ3) is 4.29. The summed E-state index contributed by atoms with van der Waals surface area (Å²) in [6.45, 7) is 3.59. The lowest BCUT2D eigenvalue weighted by Gasteiger charge is -2.20. The van der Waals surface area contributed by atoms with Gasteiger partial charge in [-0.2, -0.15) is 0 Å². The lowest BCUT2D eigenvalue weighted by molar-refractivity contribution is -0.132. The number of nitrogens with zero attached hydrogens (tertiary/aromatic N) is 3. The summed E-state index contributed by atoms with van der Waals surface area (Å²) in [5.41, 5.74) is 0.912. The fourth-order valence-electron chi connectivity index (χ4n) is 2.85. The molecule has 1 aromatic carbocycles. The first-order chi connectivity index (χ1) is 11.7. The van der Waals surface area contributed by atoms with Crippen LogP contribution >= 0.6 is 0 Å². The number of nitrogens with one attached hydrogen (secondary N) is 1. The van der Waals surface area contributed by atoms with E-state index in [0.29, 0.717) is 6.54 Å². The lowest BCUT2D eigenvalue weighted by atomic mass is 10.2. The van der Waals surface area contributed by atoms with Crippen LogP contribution in [0, 0.1) is 0 Å². The summed E-state index contributed by atoms with van der Waals surface area (Å²) in [6, 6.07) is 9.78. The lowest BCUT2D eigenvalue weighted by Crippen LogP contribution is -2.38. The number of rotatable bonds is 6. The van der Waals surface area contributed by atoms with Gasteiger partial charge in [-0.15, -0.1) is 0 Å². The topological polar surface area (TPSA) is 67.4 Å². The van der Waals surface area contributed by atoms with Gasteiger partial charge in [0.05, 0.1) is 5.69 Å². The standard InChI is InChI=1S/C18H22N4O2/c1-14(17-11-19-8-9-20-17)21-15-7-10-22(12-15)18(23)13-24-16-5-3-2-4-6-16/h2-6,8-9,11,14-15,21H,7,10,12-13H2,1H3/t14-,15+/m1/s1. The van der Waals surface area contributed by atoms with Crippen molar-refractivity contribution in [3.63, 3.8) is 0 Å². The average molecular weight is 326 g/mol. The number of hydrogen-bond acceptors (Lipinski definition) is 5. The molecule has 126 valence electrons. The van der Waals surface area contributed by atoms with Gasteiger partial charge in [-0.3, -0.25) is 14.8 Å². The number of amides is 1. The van der Waals surface area contributed by atoms with Crippen LogP contribution in [0.2, 0.25) is 0 Å². The molecule has 1 amide bonds. The maximum atomic E-state index is 12.3. The Morgan fingerprint density at radius 2 is 2.21 bits per heavy atom. The first-order valence-corrected chi connectivity index (χ1v) is 8.20. The molecule has 6 heteroatoms. The minimum absolute atomic E-state index is 0.0234. The second-order valence-electron chi connectivity index (χ2n) is 5.95. The largest absolute Gasteiger partial charge is 0.484 e. The molecule has 0 saturated carbocycles. The molecule has 2 heterocycles. The van der Waals surface area contributed by atoms with Crippen LogP contribution in [0.4, 0.5) is 0 Å². The summed E-state index contributed by atoms with van der Waals surface area (Å²) in [5, 5.41) is 3.52. The highest BCUT2D eigenvalue weighted by molar-refractivity contribution is 5.78. The summed E-state index contributed by atoms with van der Waals surface area (Å²) in [6.07, 6.45) is 6.06. The van der Waals surface area contributed by atoms with Gasteiger partial charge in [0.1, 0.15) is 5.75 Å². The molecule has 1 fully saturated rings. The molecule has 1 aliphatic rings. The summed E-state index contributed by atoms with van der Waals surface area (Å²) < 4.78 is 5.54. The van der Waals surface area contributed by atoms with E-state index in [4.69, 9.17) is 4.74 Å². The predicted octanol–water partition coefficient (Wildman–Crippen LogP) is 1.81. The first kappa shape index (κ1) is 16.4. The van der Waals surface area contributed by atoms with Gasteiger partial charge in [0, 0.05) is 43.8 Å². The SMILES string of the molecule is C[C@@H](N[C@H]1CCN(C(=O)COc2ccccc2)C1)c1cnccn1. The van der Waals surface area contributed by atoms with Gasteiger partial charge in [-0.1, -0.05) is 18.2 Å². The van der Waals surface area contributed by atoms with Crippen LogP contribution in [0.1, 0.15) is 25.1 Å². The number of benzene rings is 1. The fourth-order valence-corrected chi connectivity index (χ4v) is 2.85. The molecule has 24 heavy (non-hydrogen) atoms. The van der Waals surface area contributed by atoms with Crippen molar-refractivity contribution in [1.29, 1.82) is 0 Å². The van der Waals surface area contributed by atoms with E-state index in [-0.39, 0.29) is 24.6 Å². The van der Waals surface area contributed by atoms with E-state index in [9.17, 15) is 4.79 Å². The summed E-state index contributed by atoms with van der Waals surface area (Å²) >= 11 is 0. The van der Waals surface area contributed by atoms with Gasteiger partial charge in [0.2, 0.25) is 0 Å². The van der Waals surface area contributed by atoms with E-state index >= 15 is 0 Å². The van der Waals surface area contributed by atoms with Crippen molar-refractivity contribution in [2.45, 2.75) is 25.4 Å². The molecule has 1 N–H and O–H groups in total. The zero-order chi connectivity index (χ0) is 16.8. The van der Waals surface area contributed by atoms with Crippen LogP contribution in [0.25, 0.3) is 0 Å². The number of carbonyl (C=O) groups is 1. The van der Waals surface area contributed by atoms with Gasteiger partial charge in [-0.25, -0.2) is 0 Å². The number of para-hydroxylation sites is 1. The van der Waals surface area contributed by atoms with Gasteiger partial charge >= 0.3 is 0 Å². The Labute approximate surface area is 141 Å². The highest BCUT2D eigenvalue weighted by Gasteiger charge is 2.27. The van der Waals surface area contributed by atoms with Gasteiger partial charge in [0.25, 0.3) is 5.91 Å². The molecule has 0 unspecified atom stereocenters. The predicted molar refractivity (Wildman–Crippen MR) is 90.5 cm³/mol. The second kappa shape index (κ2) is 7.88. The smallest absolute Gasteiger partial charge is 0.260 e. The normalized spacial score (nSPS) is 18.4. The van der Waals surface area contributed by atoms with Crippen molar-refractivity contribution in [2.24, 2.45) is 0 Å². The number of ether oxygens (including phenoxy) is 1. The van der Waals surface area contributed by atoms with Crippen molar-refractivity contribution in [3.05, 3.63) is 54.6 Å². The Kier molecular flexibility index (Phi) is 5.38. The van der Waals surface area contributed by atoms with Crippen molar-refractivity contribution < 1.29 is 9.53 Å². The van der Waals surface area contributed by atoms with Crippen LogP contribution < -0.4 is 10.1 Å². The van der Waals surface area contributed by atoms with Crippen molar-refractivity contribution in [1.82, 2.24) is 20.2 Å². The average Bonchev–Trinajstić information content (AvgIpc) is 3.10. The molecule has 0 radical (unpaired) electrons. The molecule has 1 aliphatic heterocycles. The molecule has 0 aliphatic carbocycles. The Bertz CT molecular complexity index is 651. The van der Waals surface area contributed by atoms with Crippen LogP contribution in [-0.4, -0.2) is 46.5 Å². The molecule has 6 nitrogen and oxygen atoms in total. The van der Waals surface area contributed by atoms with Crippen molar-refractivity contribution in [2.75, 3.05) is 19.7 Å². The Morgan fingerprint density at radius 3 is 2.96 bits per heavy atom. The van der Waals surface area contributed by atoms with Crippen LogP contribution in [0.3, 0.4) is 0 Å². The van der Waals surface area contributed by atoms with Crippen molar-refractivity contribution in [3.8, 4) is 5.75 Å². The minimum atomic E-state index is 0.0234. The molecular formula is C18H22N4O2. The molecule has 0 spiro atoms. The Hall–Kier alpha value is -2.47. The monoisotopic (exact) mass is 326 g/mol. The minimum Gasteiger partial charge on any atom is -0.484 e. The van der Waals surface area contributed by atoms with E-state index in [1.807, 2.05) is 35.2 Å². The summed E-state index contributed by atoms with van der Waals surface area (Å²) in [7, 11) is 0. The molecule has 1 aromatic heterocycles. The summed E-state index contributed by atoms with van der Waals surface area (Å²) in [4.78, 5) is 22.5. The maximum absolute atomic E-state index is 12.3. The zero-order valence-electron chi connectivity index (χ0n) is 13.8. The second-order valence-corrected chi connectivity index (χ2v) is 5.95. The van der Waals surface area contributed by atoms with Crippen LogP contribution in [0.15, 0.2) is 48.9 Å². The Morgan fingerprint density at radius 1 is 1.38 bits per heavy atom. The van der Waals surface area contributed by atoms with Crippen LogP contribution in [0.5, 0.6) is 5.75 Å². The molecular weight excluding hydrogens is 304 g/mol. The number of aromatic nitrogens is 2. The quantitative estimate of drug-likeness (QED) is 0.877. The van der Waals surface area contributed by atoms with Crippen LogP contribution in [-0.2, 0) is 4.79 Å². The van der Waals surface area contributed by atoms with Gasteiger partial charge in [0.15, 0.2) is 6.61 Å². The van der Waals surface area contributed by atoms with E-state index in [0.717, 1.165) is 24.4 Å². The highest BCUT2D eigenvalue weighted by Crippen LogP contribution is 2.15. The fraction of sp³-hybridized carbons (Fsp3) is 0.389. The molecule has 2 atom stereocenters. The number of carbonyl (C=O) groups excluding carboxylic acids is 1. The third-order valence-corrected chi connectivity index (χ3v) is 4.16. The van der Waals surface area contributed by atoms with Gasteiger partial charge in [-0.05, 0) is 25.5 Å². The van der Waals surface area contributed by atoms with E-state index in [2.05, 4.69) is 22.2 Å². The molecule has 2 aromatic rings. The number of hydrogen-bond donors (Lipinski definition) is 1. The zero-order valence-corrected chi connectivity index (χ0v) is 13.8. The maximum Gasteiger partial charge on any atom is 0.260 e. The van der Waals surface area contributed by atoms with E-state index in [1.54, 1.807) is 18.6 Å². The molecule has 0 bridgehead atoms. The summed E-state index contributed by atoms with van der Waals surface area (Å²) in [5.74, 6) is 0.742. The molecule has 1 saturated heterocycles. The first-order valence-electron chi connectivity index (χ1n) is 8.20.